The lowest BCUT2D eigenvalue weighted by molar-refractivity contribution is -0.121. The van der Waals surface area contributed by atoms with Gasteiger partial charge in [-0.3, -0.25) is 4.79 Å². The van der Waals surface area contributed by atoms with Crippen molar-refractivity contribution >= 4 is 5.91 Å². The summed E-state index contributed by atoms with van der Waals surface area (Å²) < 4.78 is 5.40. The van der Waals surface area contributed by atoms with E-state index in [2.05, 4.69) is 30.4 Å². The summed E-state index contributed by atoms with van der Waals surface area (Å²) in [5.41, 5.74) is 2.42. The van der Waals surface area contributed by atoms with Gasteiger partial charge in [0.05, 0.1) is 6.54 Å². The van der Waals surface area contributed by atoms with E-state index in [0.717, 1.165) is 17.9 Å². The van der Waals surface area contributed by atoms with E-state index < -0.39 is 0 Å². The van der Waals surface area contributed by atoms with E-state index >= 15 is 0 Å². The molecule has 0 aliphatic rings. The van der Waals surface area contributed by atoms with Crippen LogP contribution in [0.25, 0.3) is 0 Å². The molecule has 0 saturated carbocycles. The van der Waals surface area contributed by atoms with Crippen LogP contribution in [-0.4, -0.2) is 5.91 Å². The lowest BCUT2D eigenvalue weighted by Crippen LogP contribution is -2.22. The summed E-state index contributed by atoms with van der Waals surface area (Å²) in [6.07, 6.45) is 1.27. The number of hydrogen-bond donors (Lipinski definition) is 1. The van der Waals surface area contributed by atoms with Gasteiger partial charge in [0.15, 0.2) is 0 Å². The molecule has 1 N–H and O–H groups in total. The van der Waals surface area contributed by atoms with Gasteiger partial charge in [-0.15, -0.1) is 0 Å². The van der Waals surface area contributed by atoms with E-state index in [1.165, 1.54) is 11.1 Å². The second-order valence-electron chi connectivity index (χ2n) is 4.78. The van der Waals surface area contributed by atoms with Crippen molar-refractivity contribution in [3.05, 3.63) is 59.0 Å². The van der Waals surface area contributed by atoms with Gasteiger partial charge in [0.1, 0.15) is 11.5 Å². The molecule has 3 heteroatoms. The summed E-state index contributed by atoms with van der Waals surface area (Å²) in [5, 5.41) is 2.86. The number of aryl methyl sites for hydroxylation is 3. The largest absolute Gasteiger partial charge is 0.465 e. The maximum atomic E-state index is 11.7. The Labute approximate surface area is 113 Å². The third-order valence-electron chi connectivity index (χ3n) is 2.98. The molecule has 1 aromatic carbocycles. The zero-order chi connectivity index (χ0) is 13.7. The summed E-state index contributed by atoms with van der Waals surface area (Å²) >= 11 is 0. The van der Waals surface area contributed by atoms with E-state index in [0.29, 0.717) is 13.0 Å². The molecule has 0 atom stereocenters. The maximum absolute atomic E-state index is 11.7. The zero-order valence-corrected chi connectivity index (χ0v) is 11.4. The fourth-order valence-corrected chi connectivity index (χ4v) is 1.98. The van der Waals surface area contributed by atoms with Gasteiger partial charge in [-0.05, 0) is 38.0 Å². The van der Waals surface area contributed by atoms with Crippen LogP contribution in [0.2, 0.25) is 0 Å². The van der Waals surface area contributed by atoms with Crippen molar-refractivity contribution in [3.8, 4) is 0 Å². The van der Waals surface area contributed by atoms with Crippen molar-refractivity contribution in [1.82, 2.24) is 5.32 Å². The molecule has 2 rings (SSSR count). The van der Waals surface area contributed by atoms with Gasteiger partial charge < -0.3 is 9.73 Å². The van der Waals surface area contributed by atoms with Crippen molar-refractivity contribution in [3.63, 3.8) is 0 Å². The Bertz CT molecular complexity index is 557. The highest BCUT2D eigenvalue weighted by molar-refractivity contribution is 5.76. The second kappa shape index (κ2) is 6.23. The average Bonchev–Trinajstić information content (AvgIpc) is 2.80. The minimum absolute atomic E-state index is 0.0514. The van der Waals surface area contributed by atoms with Gasteiger partial charge in [-0.25, -0.2) is 0 Å². The number of nitrogens with one attached hydrogen (secondary N) is 1. The topological polar surface area (TPSA) is 42.2 Å². The number of furan rings is 1. The molecule has 100 valence electrons. The van der Waals surface area contributed by atoms with E-state index in [1.807, 2.05) is 25.1 Å². The predicted octanol–water partition coefficient (Wildman–Crippen LogP) is 3.15. The minimum Gasteiger partial charge on any atom is -0.465 e. The molecule has 0 aliphatic heterocycles. The molecule has 19 heavy (non-hydrogen) atoms. The number of hydrogen-bond acceptors (Lipinski definition) is 2. The number of amides is 1. The van der Waals surface area contributed by atoms with E-state index in [4.69, 9.17) is 4.42 Å². The van der Waals surface area contributed by atoms with Crippen LogP contribution in [0.1, 0.15) is 29.1 Å². The Morgan fingerprint density at radius 1 is 1.21 bits per heavy atom. The van der Waals surface area contributed by atoms with Crippen LogP contribution in [0, 0.1) is 13.8 Å². The summed E-state index contributed by atoms with van der Waals surface area (Å²) in [6, 6.07) is 12.0. The van der Waals surface area contributed by atoms with Gasteiger partial charge in [-0.2, -0.15) is 0 Å². The molecule has 0 unspecified atom stereocenters. The summed E-state index contributed by atoms with van der Waals surface area (Å²) in [4.78, 5) is 11.7. The Morgan fingerprint density at radius 3 is 2.74 bits per heavy atom. The highest BCUT2D eigenvalue weighted by atomic mass is 16.3. The molecule has 0 fully saturated rings. The van der Waals surface area contributed by atoms with Crippen molar-refractivity contribution in [2.24, 2.45) is 0 Å². The first-order valence-corrected chi connectivity index (χ1v) is 6.51. The smallest absolute Gasteiger partial charge is 0.220 e. The third-order valence-corrected chi connectivity index (χ3v) is 2.98. The Balaban J connectivity index is 1.75. The van der Waals surface area contributed by atoms with Gasteiger partial charge in [0, 0.05) is 6.42 Å². The predicted molar refractivity (Wildman–Crippen MR) is 74.8 cm³/mol. The van der Waals surface area contributed by atoms with Gasteiger partial charge >= 0.3 is 0 Å². The van der Waals surface area contributed by atoms with Crippen molar-refractivity contribution in [1.29, 1.82) is 0 Å². The van der Waals surface area contributed by atoms with E-state index in [9.17, 15) is 4.79 Å². The Kier molecular flexibility index (Phi) is 4.39. The number of benzene rings is 1. The summed E-state index contributed by atoms with van der Waals surface area (Å²) in [7, 11) is 0. The van der Waals surface area contributed by atoms with Crippen LogP contribution in [0.4, 0.5) is 0 Å². The number of rotatable bonds is 5. The van der Waals surface area contributed by atoms with Gasteiger partial charge in [0.25, 0.3) is 0 Å². The average molecular weight is 257 g/mol. The molecule has 1 heterocycles. The van der Waals surface area contributed by atoms with Crippen molar-refractivity contribution in [2.45, 2.75) is 33.2 Å². The van der Waals surface area contributed by atoms with E-state index in [-0.39, 0.29) is 5.91 Å². The lowest BCUT2D eigenvalue weighted by atomic mass is 10.1. The SMILES string of the molecule is Cc1cccc(CCC(=O)NCc2ccc(C)o2)c1. The molecule has 0 saturated heterocycles. The zero-order valence-electron chi connectivity index (χ0n) is 11.4. The van der Waals surface area contributed by atoms with Crippen LogP contribution in [0.5, 0.6) is 0 Å². The summed E-state index contributed by atoms with van der Waals surface area (Å²) in [5.74, 6) is 1.71. The Hall–Kier alpha value is -2.03. The van der Waals surface area contributed by atoms with Gasteiger partial charge in [0.2, 0.25) is 5.91 Å². The van der Waals surface area contributed by atoms with Crippen LogP contribution < -0.4 is 5.32 Å². The van der Waals surface area contributed by atoms with Crippen LogP contribution >= 0.6 is 0 Å². The number of carbonyl (C=O) groups is 1. The molecule has 1 amide bonds. The van der Waals surface area contributed by atoms with E-state index in [1.54, 1.807) is 0 Å². The molecule has 0 aliphatic carbocycles. The van der Waals surface area contributed by atoms with Crippen molar-refractivity contribution in [2.75, 3.05) is 0 Å². The normalized spacial score (nSPS) is 10.4. The fourth-order valence-electron chi connectivity index (χ4n) is 1.98. The minimum atomic E-state index is 0.0514. The third kappa shape index (κ3) is 4.28. The van der Waals surface area contributed by atoms with Gasteiger partial charge in [-0.1, -0.05) is 29.8 Å². The monoisotopic (exact) mass is 257 g/mol. The highest BCUT2D eigenvalue weighted by Crippen LogP contribution is 2.08. The molecule has 0 spiro atoms. The molecule has 1 aromatic heterocycles. The molecule has 0 radical (unpaired) electrons. The molecule has 3 nitrogen and oxygen atoms in total. The van der Waals surface area contributed by atoms with Crippen LogP contribution in [-0.2, 0) is 17.8 Å². The molecule has 0 bridgehead atoms. The van der Waals surface area contributed by atoms with Crippen LogP contribution in [0.3, 0.4) is 0 Å². The molecular formula is C16H19NO2. The molecular weight excluding hydrogens is 238 g/mol. The quantitative estimate of drug-likeness (QED) is 0.894. The van der Waals surface area contributed by atoms with Crippen molar-refractivity contribution < 1.29 is 9.21 Å². The first kappa shape index (κ1) is 13.4. The lowest BCUT2D eigenvalue weighted by Gasteiger charge is -2.04. The first-order chi connectivity index (χ1) is 9.13. The maximum Gasteiger partial charge on any atom is 0.220 e. The highest BCUT2D eigenvalue weighted by Gasteiger charge is 2.04. The standard InChI is InChI=1S/C16H19NO2/c1-12-4-3-5-14(10-12)7-9-16(18)17-11-15-8-6-13(2)19-15/h3-6,8,10H,7,9,11H2,1-2H3,(H,17,18). The fraction of sp³-hybridized carbons (Fsp3) is 0.312. The second-order valence-corrected chi connectivity index (χ2v) is 4.78. The first-order valence-electron chi connectivity index (χ1n) is 6.51. The van der Waals surface area contributed by atoms with Crippen LogP contribution in [0.15, 0.2) is 40.8 Å². The Morgan fingerprint density at radius 2 is 2.05 bits per heavy atom. The summed E-state index contributed by atoms with van der Waals surface area (Å²) in [6.45, 7) is 4.41. The molecule has 2 aromatic rings. The number of carbonyl (C=O) groups excluding carboxylic acids is 1.